The highest BCUT2D eigenvalue weighted by molar-refractivity contribution is 9.10. The van der Waals surface area contributed by atoms with E-state index in [1.807, 2.05) is 31.2 Å². The maximum absolute atomic E-state index is 9.59. The molecule has 0 saturated carbocycles. The molecule has 1 atom stereocenters. The molecule has 0 bridgehead atoms. The molecule has 0 unspecified atom stereocenters. The number of halogens is 1. The molecular formula is C13H17BrO3. The Kier molecular flexibility index (Phi) is 6.26. The van der Waals surface area contributed by atoms with E-state index in [1.165, 1.54) is 0 Å². The fourth-order valence-electron chi connectivity index (χ4n) is 1.14. The topological polar surface area (TPSA) is 38.7 Å². The molecule has 4 heteroatoms. The van der Waals surface area contributed by atoms with Gasteiger partial charge in [0, 0.05) is 4.47 Å². The van der Waals surface area contributed by atoms with Crippen molar-refractivity contribution in [1.29, 1.82) is 0 Å². The smallest absolute Gasteiger partial charge is 0.119 e. The second kappa shape index (κ2) is 7.48. The standard InChI is InChI=1S/C13H17BrO3/c1-10(2)7-16-8-12(15)9-17-13-5-3-11(14)4-6-13/h3-6,12,15H,1,7-9H2,2H3/t12-/m0/s1. The predicted octanol–water partition coefficient (Wildman–Crippen LogP) is 2.78. The number of benzene rings is 1. The number of ether oxygens (including phenoxy) is 2. The normalized spacial score (nSPS) is 12.2. The maximum Gasteiger partial charge on any atom is 0.119 e. The Morgan fingerprint density at radius 1 is 1.35 bits per heavy atom. The van der Waals surface area contributed by atoms with Crippen molar-refractivity contribution in [1.82, 2.24) is 0 Å². The highest BCUT2D eigenvalue weighted by Crippen LogP contribution is 2.16. The van der Waals surface area contributed by atoms with E-state index in [2.05, 4.69) is 22.5 Å². The third-order valence-corrected chi connectivity index (χ3v) is 2.44. The molecule has 3 nitrogen and oxygen atoms in total. The van der Waals surface area contributed by atoms with E-state index in [0.29, 0.717) is 6.61 Å². The Bertz CT molecular complexity index is 348. The molecule has 0 aliphatic carbocycles. The summed E-state index contributed by atoms with van der Waals surface area (Å²) in [6.07, 6.45) is -0.627. The first kappa shape index (κ1) is 14.2. The molecule has 0 heterocycles. The van der Waals surface area contributed by atoms with E-state index in [1.54, 1.807) is 0 Å². The summed E-state index contributed by atoms with van der Waals surface area (Å²) in [5.74, 6) is 0.729. The largest absolute Gasteiger partial charge is 0.491 e. The monoisotopic (exact) mass is 300 g/mol. The van der Waals surface area contributed by atoms with Gasteiger partial charge in [-0.05, 0) is 31.2 Å². The van der Waals surface area contributed by atoms with E-state index in [-0.39, 0.29) is 13.2 Å². The summed E-state index contributed by atoms with van der Waals surface area (Å²) in [4.78, 5) is 0. The van der Waals surface area contributed by atoms with E-state index in [0.717, 1.165) is 15.8 Å². The minimum Gasteiger partial charge on any atom is -0.491 e. The SMILES string of the molecule is C=C(C)COC[C@H](O)COc1ccc(Br)cc1. The van der Waals surface area contributed by atoms with Crippen molar-refractivity contribution in [2.45, 2.75) is 13.0 Å². The predicted molar refractivity (Wildman–Crippen MR) is 71.3 cm³/mol. The third kappa shape index (κ3) is 6.46. The Morgan fingerprint density at radius 2 is 2.00 bits per heavy atom. The molecule has 94 valence electrons. The molecule has 0 amide bonds. The van der Waals surface area contributed by atoms with Crippen molar-refractivity contribution in [2.24, 2.45) is 0 Å². The summed E-state index contributed by atoms with van der Waals surface area (Å²) in [6, 6.07) is 7.45. The van der Waals surface area contributed by atoms with Gasteiger partial charge in [0.25, 0.3) is 0 Å². The van der Waals surface area contributed by atoms with Gasteiger partial charge in [0.15, 0.2) is 0 Å². The van der Waals surface area contributed by atoms with Crippen LogP contribution in [0.5, 0.6) is 5.75 Å². The molecule has 0 spiro atoms. The lowest BCUT2D eigenvalue weighted by Gasteiger charge is -2.12. The first-order valence-electron chi connectivity index (χ1n) is 5.36. The molecule has 1 rings (SSSR count). The number of aliphatic hydroxyl groups excluding tert-OH is 1. The summed E-state index contributed by atoms with van der Waals surface area (Å²) < 4.78 is 11.6. The highest BCUT2D eigenvalue weighted by atomic mass is 79.9. The van der Waals surface area contributed by atoms with Gasteiger partial charge in [-0.25, -0.2) is 0 Å². The van der Waals surface area contributed by atoms with Gasteiger partial charge in [-0.15, -0.1) is 0 Å². The van der Waals surface area contributed by atoms with Crippen LogP contribution < -0.4 is 4.74 Å². The van der Waals surface area contributed by atoms with Gasteiger partial charge in [-0.1, -0.05) is 28.1 Å². The summed E-state index contributed by atoms with van der Waals surface area (Å²) in [5, 5.41) is 9.59. The molecule has 0 aromatic heterocycles. The quantitative estimate of drug-likeness (QED) is 0.787. The Hall–Kier alpha value is -0.840. The second-order valence-corrected chi connectivity index (χ2v) is 4.81. The van der Waals surface area contributed by atoms with Gasteiger partial charge in [0.05, 0.1) is 13.2 Å². The van der Waals surface area contributed by atoms with E-state index in [4.69, 9.17) is 9.47 Å². The van der Waals surface area contributed by atoms with Crippen LogP contribution in [-0.4, -0.2) is 31.0 Å². The highest BCUT2D eigenvalue weighted by Gasteiger charge is 2.05. The molecule has 1 N–H and O–H groups in total. The van der Waals surface area contributed by atoms with Gasteiger partial charge in [-0.2, -0.15) is 0 Å². The van der Waals surface area contributed by atoms with Crippen molar-refractivity contribution in [3.63, 3.8) is 0 Å². The van der Waals surface area contributed by atoms with E-state index >= 15 is 0 Å². The minimum atomic E-state index is -0.627. The van der Waals surface area contributed by atoms with Gasteiger partial charge in [0.1, 0.15) is 18.5 Å². The van der Waals surface area contributed by atoms with Gasteiger partial charge >= 0.3 is 0 Å². The molecule has 1 aromatic rings. The number of rotatable bonds is 7. The lowest BCUT2D eigenvalue weighted by molar-refractivity contribution is 0.0195. The van der Waals surface area contributed by atoms with Crippen LogP contribution in [0.3, 0.4) is 0 Å². The fraction of sp³-hybridized carbons (Fsp3) is 0.385. The molecule has 0 saturated heterocycles. The molecule has 17 heavy (non-hydrogen) atoms. The van der Waals surface area contributed by atoms with Crippen LogP contribution in [-0.2, 0) is 4.74 Å². The van der Waals surface area contributed by atoms with Crippen LogP contribution in [0.4, 0.5) is 0 Å². The van der Waals surface area contributed by atoms with Crippen LogP contribution in [0, 0.1) is 0 Å². The fourth-order valence-corrected chi connectivity index (χ4v) is 1.40. The van der Waals surface area contributed by atoms with Crippen LogP contribution in [0.15, 0.2) is 40.9 Å². The van der Waals surface area contributed by atoms with Crippen LogP contribution in [0.25, 0.3) is 0 Å². The van der Waals surface area contributed by atoms with Gasteiger partial charge in [0.2, 0.25) is 0 Å². The molecule has 0 fully saturated rings. The summed E-state index contributed by atoms with van der Waals surface area (Å²) in [7, 11) is 0. The first-order valence-corrected chi connectivity index (χ1v) is 6.16. The lowest BCUT2D eigenvalue weighted by atomic mass is 10.3. The van der Waals surface area contributed by atoms with Crippen molar-refractivity contribution in [2.75, 3.05) is 19.8 Å². The van der Waals surface area contributed by atoms with E-state index < -0.39 is 6.10 Å². The molecule has 0 aliphatic heterocycles. The molecular weight excluding hydrogens is 284 g/mol. The maximum atomic E-state index is 9.59. The van der Waals surface area contributed by atoms with Crippen molar-refractivity contribution >= 4 is 15.9 Å². The summed E-state index contributed by atoms with van der Waals surface area (Å²) in [6.45, 7) is 6.53. The zero-order valence-electron chi connectivity index (χ0n) is 9.86. The average molecular weight is 301 g/mol. The van der Waals surface area contributed by atoms with Crippen LogP contribution in [0.2, 0.25) is 0 Å². The van der Waals surface area contributed by atoms with Gasteiger partial charge < -0.3 is 14.6 Å². The third-order valence-electron chi connectivity index (χ3n) is 1.91. The molecule has 0 radical (unpaired) electrons. The van der Waals surface area contributed by atoms with Crippen molar-refractivity contribution in [3.05, 3.63) is 40.9 Å². The summed E-state index contributed by atoms with van der Waals surface area (Å²) >= 11 is 3.34. The van der Waals surface area contributed by atoms with Crippen molar-refractivity contribution < 1.29 is 14.6 Å². The van der Waals surface area contributed by atoms with Crippen LogP contribution >= 0.6 is 15.9 Å². The first-order chi connectivity index (χ1) is 8.08. The Balaban J connectivity index is 2.21. The number of hydrogen-bond acceptors (Lipinski definition) is 3. The lowest BCUT2D eigenvalue weighted by Crippen LogP contribution is -2.23. The Labute approximate surface area is 110 Å². The average Bonchev–Trinajstić information content (AvgIpc) is 2.28. The van der Waals surface area contributed by atoms with Crippen molar-refractivity contribution in [3.8, 4) is 5.75 Å². The molecule has 0 aliphatic rings. The number of aliphatic hydroxyl groups is 1. The van der Waals surface area contributed by atoms with Gasteiger partial charge in [-0.3, -0.25) is 0 Å². The number of hydrogen-bond donors (Lipinski definition) is 1. The van der Waals surface area contributed by atoms with Crippen LogP contribution in [0.1, 0.15) is 6.92 Å². The Morgan fingerprint density at radius 3 is 2.59 bits per heavy atom. The molecule has 1 aromatic carbocycles. The summed E-state index contributed by atoms with van der Waals surface area (Å²) in [5.41, 5.74) is 0.936. The zero-order valence-corrected chi connectivity index (χ0v) is 11.4. The second-order valence-electron chi connectivity index (χ2n) is 3.89. The van der Waals surface area contributed by atoms with E-state index in [9.17, 15) is 5.11 Å². The zero-order chi connectivity index (χ0) is 12.7. The minimum absolute atomic E-state index is 0.220.